The van der Waals surface area contributed by atoms with Crippen molar-refractivity contribution in [3.05, 3.63) is 29.0 Å². The highest BCUT2D eigenvalue weighted by Gasteiger charge is 2.36. The van der Waals surface area contributed by atoms with Crippen LogP contribution in [0.2, 0.25) is 5.02 Å². The largest absolute Gasteiger partial charge is 0.325 e. The minimum absolute atomic E-state index is 0.103. The van der Waals surface area contributed by atoms with E-state index in [0.717, 1.165) is 12.3 Å². The van der Waals surface area contributed by atoms with Crippen molar-refractivity contribution >= 4 is 33.2 Å². The Morgan fingerprint density at radius 2 is 2.20 bits per heavy atom. The summed E-state index contributed by atoms with van der Waals surface area (Å²) >= 11 is 5.63. The van der Waals surface area contributed by atoms with Crippen molar-refractivity contribution in [1.29, 1.82) is 0 Å². The van der Waals surface area contributed by atoms with Gasteiger partial charge in [-0.25, -0.2) is 12.8 Å². The lowest BCUT2D eigenvalue weighted by molar-refractivity contribution is -0.119. The first kappa shape index (κ1) is 15.2. The number of hydrogen-bond donors (Lipinski definition) is 1. The highest BCUT2D eigenvalue weighted by molar-refractivity contribution is 7.88. The zero-order chi connectivity index (χ0) is 14.9. The van der Waals surface area contributed by atoms with Crippen LogP contribution in [-0.4, -0.2) is 37.5 Å². The van der Waals surface area contributed by atoms with Gasteiger partial charge in [-0.3, -0.25) is 4.79 Å². The summed E-state index contributed by atoms with van der Waals surface area (Å²) in [5.74, 6) is -1.01. The molecule has 1 fully saturated rings. The van der Waals surface area contributed by atoms with Crippen molar-refractivity contribution in [3.8, 4) is 0 Å². The van der Waals surface area contributed by atoms with Crippen LogP contribution in [-0.2, 0) is 14.8 Å². The number of nitrogens with one attached hydrogen (secondary N) is 1. The first-order chi connectivity index (χ1) is 9.29. The molecule has 0 aromatic heterocycles. The summed E-state index contributed by atoms with van der Waals surface area (Å²) in [7, 11) is -3.42. The maximum absolute atomic E-state index is 13.0. The van der Waals surface area contributed by atoms with Crippen LogP contribution in [0, 0.1) is 5.82 Å². The van der Waals surface area contributed by atoms with Crippen LogP contribution in [0.25, 0.3) is 0 Å². The molecule has 1 amide bonds. The zero-order valence-electron chi connectivity index (χ0n) is 10.8. The predicted molar refractivity (Wildman–Crippen MR) is 74.6 cm³/mol. The van der Waals surface area contributed by atoms with Gasteiger partial charge in [-0.05, 0) is 31.0 Å². The molecule has 1 aliphatic heterocycles. The molecule has 0 radical (unpaired) electrons. The van der Waals surface area contributed by atoms with E-state index in [1.807, 2.05) is 0 Å². The second-order valence-electron chi connectivity index (χ2n) is 4.65. The van der Waals surface area contributed by atoms with Crippen LogP contribution in [0.5, 0.6) is 0 Å². The van der Waals surface area contributed by atoms with Crippen molar-refractivity contribution in [1.82, 2.24) is 4.31 Å². The van der Waals surface area contributed by atoms with Gasteiger partial charge in [0.15, 0.2) is 0 Å². The molecule has 0 bridgehead atoms. The number of amides is 1. The van der Waals surface area contributed by atoms with E-state index >= 15 is 0 Å². The highest BCUT2D eigenvalue weighted by Crippen LogP contribution is 2.23. The van der Waals surface area contributed by atoms with E-state index in [-0.39, 0.29) is 5.02 Å². The molecule has 0 spiro atoms. The molecular formula is C12H14ClFN2O3S. The second kappa shape index (κ2) is 5.67. The third-order valence-corrected chi connectivity index (χ3v) is 4.70. The van der Waals surface area contributed by atoms with Crippen molar-refractivity contribution in [2.75, 3.05) is 18.1 Å². The molecule has 8 heteroatoms. The highest BCUT2D eigenvalue weighted by atomic mass is 35.5. The molecule has 20 heavy (non-hydrogen) atoms. The lowest BCUT2D eigenvalue weighted by atomic mass is 10.2. The van der Waals surface area contributed by atoms with Gasteiger partial charge in [-0.1, -0.05) is 11.6 Å². The Bertz CT molecular complexity index is 636. The minimum Gasteiger partial charge on any atom is -0.325 e. The molecule has 110 valence electrons. The smallest absolute Gasteiger partial charge is 0.242 e. The number of sulfonamides is 1. The van der Waals surface area contributed by atoms with Gasteiger partial charge >= 0.3 is 0 Å². The number of halogens is 2. The monoisotopic (exact) mass is 320 g/mol. The normalized spacial score (nSPS) is 20.1. The van der Waals surface area contributed by atoms with Gasteiger partial charge in [0.25, 0.3) is 0 Å². The van der Waals surface area contributed by atoms with Crippen molar-refractivity contribution < 1.29 is 17.6 Å². The molecule has 2 rings (SSSR count). The van der Waals surface area contributed by atoms with E-state index in [1.54, 1.807) is 0 Å². The maximum Gasteiger partial charge on any atom is 0.242 e. The standard InChI is InChI=1S/C12H14ClFN2O3S/c1-20(18,19)16-6-2-3-11(16)12(17)15-8-4-5-10(14)9(13)7-8/h4-5,7,11H,2-3,6H2,1H3,(H,15,17)/t11-/m1/s1. The Kier molecular flexibility index (Phi) is 4.31. The van der Waals surface area contributed by atoms with Gasteiger partial charge in [0, 0.05) is 12.2 Å². The van der Waals surface area contributed by atoms with Crippen LogP contribution < -0.4 is 5.32 Å². The average Bonchev–Trinajstić information content (AvgIpc) is 2.83. The molecule has 1 atom stereocenters. The Balaban J connectivity index is 2.13. The van der Waals surface area contributed by atoms with Crippen molar-refractivity contribution in [2.24, 2.45) is 0 Å². The van der Waals surface area contributed by atoms with Crippen LogP contribution in [0.1, 0.15) is 12.8 Å². The molecule has 1 aromatic rings. The number of hydrogen-bond acceptors (Lipinski definition) is 3. The topological polar surface area (TPSA) is 66.5 Å². The fourth-order valence-corrected chi connectivity index (χ4v) is 3.50. The number of benzene rings is 1. The molecular weight excluding hydrogens is 307 g/mol. The molecule has 0 aliphatic carbocycles. The summed E-state index contributed by atoms with van der Waals surface area (Å²) < 4.78 is 37.3. The van der Waals surface area contributed by atoms with Crippen molar-refractivity contribution in [3.63, 3.8) is 0 Å². The molecule has 1 aliphatic rings. The third kappa shape index (κ3) is 3.28. The van der Waals surface area contributed by atoms with Gasteiger partial charge in [0.05, 0.1) is 11.3 Å². The first-order valence-corrected chi connectivity index (χ1v) is 8.24. The Labute approximate surface area is 121 Å². The molecule has 1 heterocycles. The van der Waals surface area contributed by atoms with E-state index in [1.165, 1.54) is 16.4 Å². The molecule has 0 saturated carbocycles. The molecule has 5 nitrogen and oxygen atoms in total. The number of carbonyl (C=O) groups is 1. The fraction of sp³-hybridized carbons (Fsp3) is 0.417. The lowest BCUT2D eigenvalue weighted by Crippen LogP contribution is -2.42. The first-order valence-electron chi connectivity index (χ1n) is 6.02. The Morgan fingerprint density at radius 3 is 2.80 bits per heavy atom. The van der Waals surface area contributed by atoms with Gasteiger partial charge in [-0.2, -0.15) is 4.31 Å². The summed E-state index contributed by atoms with van der Waals surface area (Å²) in [6.45, 7) is 0.334. The van der Waals surface area contributed by atoms with E-state index in [4.69, 9.17) is 11.6 Å². The van der Waals surface area contributed by atoms with Gasteiger partial charge in [0.1, 0.15) is 11.9 Å². The van der Waals surface area contributed by atoms with Gasteiger partial charge < -0.3 is 5.32 Å². The van der Waals surface area contributed by atoms with E-state index in [0.29, 0.717) is 25.1 Å². The van der Waals surface area contributed by atoms with E-state index in [2.05, 4.69) is 5.32 Å². The minimum atomic E-state index is -3.42. The van der Waals surface area contributed by atoms with Crippen LogP contribution in [0.3, 0.4) is 0 Å². The molecule has 1 N–H and O–H groups in total. The fourth-order valence-electron chi connectivity index (χ4n) is 2.20. The average molecular weight is 321 g/mol. The summed E-state index contributed by atoms with van der Waals surface area (Å²) in [4.78, 5) is 12.1. The third-order valence-electron chi connectivity index (χ3n) is 3.12. The van der Waals surface area contributed by atoms with E-state index < -0.39 is 27.8 Å². The van der Waals surface area contributed by atoms with Crippen LogP contribution in [0.15, 0.2) is 18.2 Å². The van der Waals surface area contributed by atoms with Crippen LogP contribution >= 0.6 is 11.6 Å². The number of nitrogens with zero attached hydrogens (tertiary/aromatic N) is 1. The summed E-state index contributed by atoms with van der Waals surface area (Å²) in [6, 6.07) is 3.07. The van der Waals surface area contributed by atoms with Gasteiger partial charge in [-0.15, -0.1) is 0 Å². The molecule has 0 unspecified atom stereocenters. The SMILES string of the molecule is CS(=O)(=O)N1CCC[C@@H]1C(=O)Nc1ccc(F)c(Cl)c1. The molecule has 1 saturated heterocycles. The summed E-state index contributed by atoms with van der Waals surface area (Å²) in [5, 5.41) is 2.46. The summed E-state index contributed by atoms with van der Waals surface area (Å²) in [6.07, 6.45) is 2.18. The maximum atomic E-state index is 13.0. The van der Waals surface area contributed by atoms with E-state index in [9.17, 15) is 17.6 Å². The van der Waals surface area contributed by atoms with Crippen molar-refractivity contribution in [2.45, 2.75) is 18.9 Å². The predicted octanol–water partition coefficient (Wildman–Crippen LogP) is 1.84. The number of rotatable bonds is 3. The van der Waals surface area contributed by atoms with Crippen LogP contribution in [0.4, 0.5) is 10.1 Å². The number of carbonyl (C=O) groups excluding carboxylic acids is 1. The Morgan fingerprint density at radius 1 is 1.50 bits per heavy atom. The quantitative estimate of drug-likeness (QED) is 0.924. The number of anilines is 1. The van der Waals surface area contributed by atoms with Gasteiger partial charge in [0.2, 0.25) is 15.9 Å². The zero-order valence-corrected chi connectivity index (χ0v) is 12.3. The molecule has 1 aromatic carbocycles. The Hall–Kier alpha value is -1.18. The lowest BCUT2D eigenvalue weighted by Gasteiger charge is -2.21. The second-order valence-corrected chi connectivity index (χ2v) is 6.99. The summed E-state index contributed by atoms with van der Waals surface area (Å²) in [5.41, 5.74) is 0.335.